The first-order chi connectivity index (χ1) is 6.51. The predicted molar refractivity (Wildman–Crippen MR) is 57.9 cm³/mol. The summed E-state index contributed by atoms with van der Waals surface area (Å²) in [6, 6.07) is -0.462. The first-order valence-corrected chi connectivity index (χ1v) is 5.47. The van der Waals surface area contributed by atoms with Crippen LogP contribution in [0.25, 0.3) is 0 Å². The van der Waals surface area contributed by atoms with Gasteiger partial charge >= 0.3 is 5.97 Å². The Bertz CT molecular complexity index is 165. The van der Waals surface area contributed by atoms with Crippen molar-refractivity contribution in [3.05, 3.63) is 0 Å². The lowest BCUT2D eigenvalue weighted by Gasteiger charge is -2.18. The molecule has 0 saturated heterocycles. The van der Waals surface area contributed by atoms with Gasteiger partial charge in [0, 0.05) is 0 Å². The highest BCUT2D eigenvalue weighted by Crippen LogP contribution is 2.08. The van der Waals surface area contributed by atoms with Crippen LogP contribution in [0.4, 0.5) is 0 Å². The molecule has 3 nitrogen and oxygen atoms in total. The maximum absolute atomic E-state index is 11.5. The molecule has 0 radical (unpaired) electrons. The third-order valence-corrected chi connectivity index (χ3v) is 2.22. The van der Waals surface area contributed by atoms with Gasteiger partial charge in [-0.05, 0) is 25.2 Å². The number of ether oxygens (including phenoxy) is 1. The Hall–Kier alpha value is -0.570. The lowest BCUT2D eigenvalue weighted by Crippen LogP contribution is -2.35. The zero-order chi connectivity index (χ0) is 11.1. The Morgan fingerprint density at radius 3 is 2.14 bits per heavy atom. The lowest BCUT2D eigenvalue weighted by molar-refractivity contribution is -0.151. The molecule has 0 unspecified atom stereocenters. The Morgan fingerprint density at radius 1 is 1.29 bits per heavy atom. The highest BCUT2D eigenvalue weighted by atomic mass is 16.5. The normalized spacial score (nSPS) is 13.4. The number of hydrogen-bond acceptors (Lipinski definition) is 3. The van der Waals surface area contributed by atoms with Gasteiger partial charge in [-0.2, -0.15) is 0 Å². The summed E-state index contributed by atoms with van der Waals surface area (Å²) >= 11 is 0. The van der Waals surface area contributed by atoms with Gasteiger partial charge in [-0.1, -0.05) is 27.7 Å². The number of nitrogens with two attached hydrogens (primary N) is 1. The molecule has 14 heavy (non-hydrogen) atoms. The van der Waals surface area contributed by atoms with Gasteiger partial charge in [0.25, 0.3) is 0 Å². The molecule has 0 aliphatic rings. The Morgan fingerprint density at radius 2 is 1.79 bits per heavy atom. The number of rotatable bonds is 6. The lowest BCUT2D eigenvalue weighted by atomic mass is 10.0. The molecule has 0 aromatic carbocycles. The Labute approximate surface area is 87.0 Å². The van der Waals surface area contributed by atoms with E-state index in [0.29, 0.717) is 12.3 Å². The second kappa shape index (κ2) is 6.82. The van der Waals surface area contributed by atoms with Crippen molar-refractivity contribution >= 4 is 5.97 Å². The van der Waals surface area contributed by atoms with E-state index in [0.717, 1.165) is 12.8 Å². The molecule has 0 aliphatic heterocycles. The molecule has 0 saturated carbocycles. The quantitative estimate of drug-likeness (QED) is 0.669. The molecule has 0 bridgehead atoms. The maximum Gasteiger partial charge on any atom is 0.323 e. The fourth-order valence-corrected chi connectivity index (χ4v) is 1.31. The summed E-state index contributed by atoms with van der Waals surface area (Å²) in [5.74, 6) is 0.173. The average Bonchev–Trinajstić information content (AvgIpc) is 2.12. The molecule has 0 aromatic rings. The number of esters is 1. The molecule has 0 fully saturated rings. The highest BCUT2D eigenvalue weighted by Gasteiger charge is 2.19. The topological polar surface area (TPSA) is 52.3 Å². The van der Waals surface area contributed by atoms with Crippen LogP contribution in [-0.2, 0) is 9.53 Å². The first kappa shape index (κ1) is 13.4. The summed E-state index contributed by atoms with van der Waals surface area (Å²) < 4.78 is 5.25. The summed E-state index contributed by atoms with van der Waals surface area (Å²) in [4.78, 5) is 11.5. The smallest absolute Gasteiger partial charge is 0.323 e. The third kappa shape index (κ3) is 5.22. The van der Waals surface area contributed by atoms with Crippen molar-refractivity contribution < 1.29 is 9.53 Å². The molecule has 3 heteroatoms. The number of carbonyl (C=O) groups excluding carboxylic acids is 1. The van der Waals surface area contributed by atoms with E-state index in [9.17, 15) is 4.79 Å². The van der Waals surface area contributed by atoms with Crippen LogP contribution >= 0.6 is 0 Å². The summed E-state index contributed by atoms with van der Waals surface area (Å²) in [7, 11) is 0. The molecule has 0 heterocycles. The van der Waals surface area contributed by atoms with Crippen LogP contribution in [0.1, 0.15) is 47.0 Å². The zero-order valence-electron chi connectivity index (χ0n) is 9.75. The summed E-state index contributed by atoms with van der Waals surface area (Å²) in [5.41, 5.74) is 5.70. The number of hydrogen-bond donors (Lipinski definition) is 1. The van der Waals surface area contributed by atoms with Crippen molar-refractivity contribution in [2.24, 2.45) is 11.7 Å². The van der Waals surface area contributed by atoms with Gasteiger partial charge in [0.2, 0.25) is 0 Å². The zero-order valence-corrected chi connectivity index (χ0v) is 9.75. The average molecular weight is 201 g/mol. The second-order valence-corrected chi connectivity index (χ2v) is 4.11. The van der Waals surface area contributed by atoms with E-state index < -0.39 is 6.04 Å². The molecule has 0 amide bonds. The largest absolute Gasteiger partial charge is 0.461 e. The Kier molecular flexibility index (Phi) is 6.54. The molecule has 0 spiro atoms. The van der Waals surface area contributed by atoms with Gasteiger partial charge in [0.15, 0.2) is 0 Å². The minimum atomic E-state index is -0.462. The van der Waals surface area contributed by atoms with E-state index in [4.69, 9.17) is 10.5 Å². The molecule has 0 aromatic heterocycles. The van der Waals surface area contributed by atoms with Crippen molar-refractivity contribution in [1.82, 2.24) is 0 Å². The van der Waals surface area contributed by atoms with Gasteiger partial charge in [0.1, 0.15) is 12.1 Å². The minimum Gasteiger partial charge on any atom is -0.461 e. The SMILES string of the molecule is CCC(CC)OC(=O)[C@@H](N)CC(C)C. The van der Waals surface area contributed by atoms with Gasteiger partial charge in [0.05, 0.1) is 0 Å². The Balaban J connectivity index is 3.93. The van der Waals surface area contributed by atoms with E-state index >= 15 is 0 Å². The van der Waals surface area contributed by atoms with Crippen LogP contribution in [0.3, 0.4) is 0 Å². The van der Waals surface area contributed by atoms with E-state index in [-0.39, 0.29) is 12.1 Å². The van der Waals surface area contributed by atoms with Crippen molar-refractivity contribution in [3.63, 3.8) is 0 Å². The standard InChI is InChI=1S/C11H23NO2/c1-5-9(6-2)14-11(13)10(12)7-8(3)4/h8-10H,5-7,12H2,1-4H3/t10-/m0/s1. The summed E-state index contributed by atoms with van der Waals surface area (Å²) in [6.07, 6.45) is 2.44. The highest BCUT2D eigenvalue weighted by molar-refractivity contribution is 5.75. The minimum absolute atomic E-state index is 0.0284. The van der Waals surface area contributed by atoms with Gasteiger partial charge in [-0.3, -0.25) is 4.79 Å². The molecular formula is C11H23NO2. The van der Waals surface area contributed by atoms with Gasteiger partial charge in [-0.15, -0.1) is 0 Å². The van der Waals surface area contributed by atoms with Crippen LogP contribution < -0.4 is 5.73 Å². The summed E-state index contributed by atoms with van der Waals surface area (Å²) in [5, 5.41) is 0. The van der Waals surface area contributed by atoms with E-state index in [1.54, 1.807) is 0 Å². The first-order valence-electron chi connectivity index (χ1n) is 5.47. The van der Waals surface area contributed by atoms with Gasteiger partial charge < -0.3 is 10.5 Å². The van der Waals surface area contributed by atoms with Crippen LogP contribution in [0.5, 0.6) is 0 Å². The van der Waals surface area contributed by atoms with E-state index in [2.05, 4.69) is 0 Å². The van der Waals surface area contributed by atoms with Crippen molar-refractivity contribution in [2.45, 2.75) is 59.1 Å². The molecule has 0 rings (SSSR count). The molecule has 1 atom stereocenters. The van der Waals surface area contributed by atoms with Crippen LogP contribution in [0.15, 0.2) is 0 Å². The van der Waals surface area contributed by atoms with Crippen molar-refractivity contribution in [1.29, 1.82) is 0 Å². The maximum atomic E-state index is 11.5. The molecule has 2 N–H and O–H groups in total. The monoisotopic (exact) mass is 201 g/mol. The predicted octanol–water partition coefficient (Wildman–Crippen LogP) is 2.09. The molecule has 0 aliphatic carbocycles. The molecular weight excluding hydrogens is 178 g/mol. The van der Waals surface area contributed by atoms with E-state index in [1.165, 1.54) is 0 Å². The number of carbonyl (C=O) groups is 1. The summed E-state index contributed by atoms with van der Waals surface area (Å²) in [6.45, 7) is 8.11. The molecule has 84 valence electrons. The third-order valence-electron chi connectivity index (χ3n) is 2.22. The van der Waals surface area contributed by atoms with Crippen molar-refractivity contribution in [2.75, 3.05) is 0 Å². The van der Waals surface area contributed by atoms with Crippen LogP contribution in [0, 0.1) is 5.92 Å². The second-order valence-electron chi connectivity index (χ2n) is 4.11. The van der Waals surface area contributed by atoms with Crippen LogP contribution in [0.2, 0.25) is 0 Å². The van der Waals surface area contributed by atoms with Gasteiger partial charge in [-0.25, -0.2) is 0 Å². The van der Waals surface area contributed by atoms with Crippen LogP contribution in [-0.4, -0.2) is 18.1 Å². The fraction of sp³-hybridized carbons (Fsp3) is 0.909. The fourth-order valence-electron chi connectivity index (χ4n) is 1.31. The van der Waals surface area contributed by atoms with Crippen molar-refractivity contribution in [3.8, 4) is 0 Å². The van der Waals surface area contributed by atoms with E-state index in [1.807, 2.05) is 27.7 Å².